The quantitative estimate of drug-likeness (QED) is 0.800. The van der Waals surface area contributed by atoms with Crippen molar-refractivity contribution in [2.75, 3.05) is 18.6 Å². The van der Waals surface area contributed by atoms with Gasteiger partial charge in [0.2, 0.25) is 0 Å². The molecule has 1 aliphatic rings. The molecular formula is C15H20O4S. The fourth-order valence-corrected chi connectivity index (χ4v) is 4.54. The van der Waals surface area contributed by atoms with E-state index in [1.165, 1.54) is 0 Å². The first-order valence-electron chi connectivity index (χ1n) is 6.72. The monoisotopic (exact) mass is 296 g/mol. The van der Waals surface area contributed by atoms with E-state index in [4.69, 9.17) is 4.74 Å². The summed E-state index contributed by atoms with van der Waals surface area (Å²) in [6.45, 7) is 3.89. The third kappa shape index (κ3) is 3.03. The van der Waals surface area contributed by atoms with Crippen LogP contribution < -0.4 is 4.74 Å². The summed E-state index contributed by atoms with van der Waals surface area (Å²) >= 11 is 0. The molecule has 0 N–H and O–H groups in total. The van der Waals surface area contributed by atoms with Gasteiger partial charge in [-0.1, -0.05) is 6.07 Å². The third-order valence-corrected chi connectivity index (χ3v) is 5.82. The molecule has 0 radical (unpaired) electrons. The summed E-state index contributed by atoms with van der Waals surface area (Å²) in [5.41, 5.74) is 2.58. The molecule has 1 aromatic rings. The molecule has 1 aliphatic heterocycles. The molecule has 110 valence electrons. The van der Waals surface area contributed by atoms with E-state index in [0.717, 1.165) is 11.1 Å². The van der Waals surface area contributed by atoms with Crippen LogP contribution in [0.25, 0.3) is 0 Å². The Balaban J connectivity index is 2.20. The number of carbonyl (C=O) groups is 1. The van der Waals surface area contributed by atoms with Crippen LogP contribution in [0.2, 0.25) is 0 Å². The van der Waals surface area contributed by atoms with Gasteiger partial charge in [-0.05, 0) is 43.4 Å². The van der Waals surface area contributed by atoms with Gasteiger partial charge in [0.1, 0.15) is 5.75 Å². The molecule has 0 spiro atoms. The Morgan fingerprint density at radius 3 is 2.60 bits per heavy atom. The third-order valence-electron chi connectivity index (χ3n) is 3.98. The van der Waals surface area contributed by atoms with Gasteiger partial charge in [-0.25, -0.2) is 8.42 Å². The molecule has 1 atom stereocenters. The Labute approximate surface area is 120 Å². The van der Waals surface area contributed by atoms with Gasteiger partial charge in [0.15, 0.2) is 15.6 Å². The van der Waals surface area contributed by atoms with Crippen molar-refractivity contribution in [3.8, 4) is 5.75 Å². The smallest absolute Gasteiger partial charge is 0.166 e. The number of rotatable bonds is 4. The fraction of sp³-hybridized carbons (Fsp3) is 0.533. The van der Waals surface area contributed by atoms with Crippen LogP contribution in [0.4, 0.5) is 0 Å². The standard InChI is InChI=1S/C15H20O4S/c1-10-4-5-13(15(19-3)11(10)2)14(16)8-12-6-7-20(17,18)9-12/h4-5,12H,6-9H2,1-3H3. The van der Waals surface area contributed by atoms with E-state index < -0.39 is 9.84 Å². The lowest BCUT2D eigenvalue weighted by molar-refractivity contribution is 0.0962. The number of hydrogen-bond acceptors (Lipinski definition) is 4. The molecule has 1 unspecified atom stereocenters. The van der Waals surface area contributed by atoms with Crippen LogP contribution >= 0.6 is 0 Å². The molecule has 4 nitrogen and oxygen atoms in total. The van der Waals surface area contributed by atoms with Crippen molar-refractivity contribution in [1.82, 2.24) is 0 Å². The van der Waals surface area contributed by atoms with Crippen molar-refractivity contribution in [3.63, 3.8) is 0 Å². The van der Waals surface area contributed by atoms with Gasteiger partial charge >= 0.3 is 0 Å². The predicted octanol–water partition coefficient (Wildman–Crippen LogP) is 2.32. The van der Waals surface area contributed by atoms with Crippen LogP contribution in [0, 0.1) is 19.8 Å². The van der Waals surface area contributed by atoms with E-state index in [9.17, 15) is 13.2 Å². The van der Waals surface area contributed by atoms with Crippen LogP contribution in [0.5, 0.6) is 5.75 Å². The first-order valence-corrected chi connectivity index (χ1v) is 8.54. The van der Waals surface area contributed by atoms with Gasteiger partial charge in [-0.15, -0.1) is 0 Å². The van der Waals surface area contributed by atoms with E-state index in [1.54, 1.807) is 13.2 Å². The van der Waals surface area contributed by atoms with Crippen LogP contribution in [-0.4, -0.2) is 32.8 Å². The highest BCUT2D eigenvalue weighted by Gasteiger charge is 2.30. The van der Waals surface area contributed by atoms with Crippen molar-refractivity contribution in [1.29, 1.82) is 0 Å². The predicted molar refractivity (Wildman–Crippen MR) is 78.2 cm³/mol. The van der Waals surface area contributed by atoms with E-state index >= 15 is 0 Å². The number of ketones is 1. The SMILES string of the molecule is COc1c(C(=O)CC2CCS(=O)(=O)C2)ccc(C)c1C. The number of carbonyl (C=O) groups excluding carboxylic acids is 1. The molecule has 5 heteroatoms. The summed E-state index contributed by atoms with van der Waals surface area (Å²) in [7, 11) is -1.38. The zero-order chi connectivity index (χ0) is 14.9. The zero-order valence-electron chi connectivity index (χ0n) is 12.1. The maximum Gasteiger partial charge on any atom is 0.166 e. The molecule has 1 heterocycles. The van der Waals surface area contributed by atoms with Crippen molar-refractivity contribution in [2.24, 2.45) is 5.92 Å². The zero-order valence-corrected chi connectivity index (χ0v) is 12.9. The van der Waals surface area contributed by atoms with Crippen molar-refractivity contribution < 1.29 is 17.9 Å². The minimum atomic E-state index is -2.94. The molecule has 2 rings (SSSR count). The van der Waals surface area contributed by atoms with Crippen molar-refractivity contribution in [2.45, 2.75) is 26.7 Å². The van der Waals surface area contributed by atoms with Crippen LogP contribution in [0.1, 0.15) is 34.3 Å². The van der Waals surface area contributed by atoms with Gasteiger partial charge in [-0.3, -0.25) is 4.79 Å². The lowest BCUT2D eigenvalue weighted by Crippen LogP contribution is -2.12. The van der Waals surface area contributed by atoms with Crippen molar-refractivity contribution in [3.05, 3.63) is 28.8 Å². The number of hydrogen-bond donors (Lipinski definition) is 0. The molecule has 1 aromatic carbocycles. The molecule has 0 aliphatic carbocycles. The summed E-state index contributed by atoms with van der Waals surface area (Å²) in [6, 6.07) is 3.67. The van der Waals surface area contributed by atoms with Gasteiger partial charge < -0.3 is 4.74 Å². The van der Waals surface area contributed by atoms with Gasteiger partial charge in [0.25, 0.3) is 0 Å². The van der Waals surface area contributed by atoms with Crippen LogP contribution in [-0.2, 0) is 9.84 Å². The first kappa shape index (κ1) is 15.0. The number of methoxy groups -OCH3 is 1. The number of ether oxygens (including phenoxy) is 1. The highest BCUT2D eigenvalue weighted by molar-refractivity contribution is 7.91. The maximum absolute atomic E-state index is 12.4. The summed E-state index contributed by atoms with van der Waals surface area (Å²) in [6.07, 6.45) is 0.860. The molecule has 0 aromatic heterocycles. The number of aryl methyl sites for hydroxylation is 1. The second-order valence-corrected chi connectivity index (χ2v) is 7.71. The average molecular weight is 296 g/mol. The maximum atomic E-state index is 12.4. The first-order chi connectivity index (χ1) is 9.34. The minimum Gasteiger partial charge on any atom is -0.496 e. The highest BCUT2D eigenvalue weighted by Crippen LogP contribution is 2.30. The molecule has 0 amide bonds. The summed E-state index contributed by atoms with van der Waals surface area (Å²) in [5.74, 6) is 0.850. The average Bonchev–Trinajstić information content (AvgIpc) is 2.71. The summed E-state index contributed by atoms with van der Waals surface area (Å²) in [4.78, 5) is 12.4. The van der Waals surface area contributed by atoms with E-state index in [-0.39, 0.29) is 29.6 Å². The van der Waals surface area contributed by atoms with Gasteiger partial charge in [-0.2, -0.15) is 0 Å². The Morgan fingerprint density at radius 2 is 2.05 bits per heavy atom. The lowest BCUT2D eigenvalue weighted by atomic mass is 9.95. The largest absolute Gasteiger partial charge is 0.496 e. The van der Waals surface area contributed by atoms with Gasteiger partial charge in [0.05, 0.1) is 24.2 Å². The van der Waals surface area contributed by atoms with Gasteiger partial charge in [0, 0.05) is 6.42 Å². The fourth-order valence-electron chi connectivity index (χ4n) is 2.68. The summed E-state index contributed by atoms with van der Waals surface area (Å²) < 4.78 is 28.2. The van der Waals surface area contributed by atoms with E-state index in [2.05, 4.69) is 0 Å². The molecule has 1 fully saturated rings. The minimum absolute atomic E-state index is 0.0351. The van der Waals surface area contributed by atoms with E-state index in [1.807, 2.05) is 19.9 Å². The second kappa shape index (κ2) is 5.56. The second-order valence-electron chi connectivity index (χ2n) is 5.48. The molecule has 0 bridgehead atoms. The van der Waals surface area contributed by atoms with Crippen LogP contribution in [0.15, 0.2) is 12.1 Å². The van der Waals surface area contributed by atoms with E-state index in [0.29, 0.717) is 17.7 Å². The Morgan fingerprint density at radius 1 is 1.35 bits per heavy atom. The Hall–Kier alpha value is -1.36. The summed E-state index contributed by atoms with van der Waals surface area (Å²) in [5, 5.41) is 0. The Bertz CT molecular complexity index is 632. The molecule has 0 saturated carbocycles. The lowest BCUT2D eigenvalue weighted by Gasteiger charge is -2.14. The molecule has 1 saturated heterocycles. The number of sulfone groups is 1. The van der Waals surface area contributed by atoms with Crippen molar-refractivity contribution >= 4 is 15.6 Å². The highest BCUT2D eigenvalue weighted by atomic mass is 32.2. The topological polar surface area (TPSA) is 60.4 Å². The molecule has 20 heavy (non-hydrogen) atoms. The number of Topliss-reactive ketones (excluding diaryl/α,β-unsaturated/α-hetero) is 1. The number of benzene rings is 1. The van der Waals surface area contributed by atoms with Crippen LogP contribution in [0.3, 0.4) is 0 Å². The molecular weight excluding hydrogens is 276 g/mol. The normalized spacial score (nSPS) is 20.9. The Kier molecular flexibility index (Phi) is 4.18.